The summed E-state index contributed by atoms with van der Waals surface area (Å²) in [7, 11) is -2.06. The quantitative estimate of drug-likeness (QED) is 0.664. The summed E-state index contributed by atoms with van der Waals surface area (Å²) in [4.78, 5) is 14.5. The molecule has 1 fully saturated rings. The fourth-order valence-electron chi connectivity index (χ4n) is 3.45. The van der Waals surface area contributed by atoms with E-state index in [1.807, 2.05) is 0 Å². The summed E-state index contributed by atoms with van der Waals surface area (Å²) in [6, 6.07) is 6.23. The van der Waals surface area contributed by atoms with E-state index in [0.717, 1.165) is 25.2 Å². The highest BCUT2D eigenvalue weighted by Gasteiger charge is 2.21. The number of nitrogens with zero attached hydrogens (tertiary/aromatic N) is 1. The molecule has 0 bridgehead atoms. The molecule has 1 aromatic rings. The Bertz CT molecular complexity index is 681. The van der Waals surface area contributed by atoms with Crippen LogP contribution in [0.3, 0.4) is 0 Å². The van der Waals surface area contributed by atoms with Gasteiger partial charge in [0.05, 0.1) is 4.90 Å². The zero-order valence-corrected chi connectivity index (χ0v) is 16.6. The molecule has 0 radical (unpaired) electrons. The van der Waals surface area contributed by atoms with Gasteiger partial charge in [0.2, 0.25) is 10.0 Å². The highest BCUT2D eigenvalue weighted by atomic mass is 32.2. The summed E-state index contributed by atoms with van der Waals surface area (Å²) in [5.41, 5.74) is 0.842. The predicted octanol–water partition coefficient (Wildman–Crippen LogP) is 1.37. The van der Waals surface area contributed by atoms with Crippen LogP contribution in [0.2, 0.25) is 0 Å². The fraction of sp³-hybridized carbons (Fsp3) is 0.611. The van der Waals surface area contributed by atoms with Gasteiger partial charge in [-0.15, -0.1) is 0 Å². The van der Waals surface area contributed by atoms with Crippen LogP contribution in [0.15, 0.2) is 29.2 Å². The van der Waals surface area contributed by atoms with Gasteiger partial charge in [0.25, 0.3) is 0 Å². The number of hydrogen-bond donors (Lipinski definition) is 3. The van der Waals surface area contributed by atoms with Crippen molar-refractivity contribution in [2.75, 3.05) is 33.2 Å². The first-order valence-corrected chi connectivity index (χ1v) is 10.5. The van der Waals surface area contributed by atoms with E-state index in [1.54, 1.807) is 12.1 Å². The molecule has 0 aromatic heterocycles. The Morgan fingerprint density at radius 3 is 2.31 bits per heavy atom. The van der Waals surface area contributed by atoms with Gasteiger partial charge in [-0.05, 0) is 43.0 Å². The topological polar surface area (TPSA) is 90.5 Å². The van der Waals surface area contributed by atoms with Gasteiger partial charge in [0, 0.05) is 32.7 Å². The number of carbonyl (C=O) groups is 1. The second-order valence-electron chi connectivity index (χ2n) is 7.17. The summed E-state index contributed by atoms with van der Waals surface area (Å²) >= 11 is 0. The van der Waals surface area contributed by atoms with Gasteiger partial charge >= 0.3 is 6.03 Å². The van der Waals surface area contributed by atoms with Gasteiger partial charge < -0.3 is 15.5 Å². The Balaban J connectivity index is 1.70. The van der Waals surface area contributed by atoms with E-state index >= 15 is 0 Å². The largest absolute Gasteiger partial charge is 0.337 e. The maximum atomic E-state index is 11.9. The molecule has 8 heteroatoms. The van der Waals surface area contributed by atoms with Crippen LogP contribution in [0.4, 0.5) is 4.79 Å². The van der Waals surface area contributed by atoms with Crippen molar-refractivity contribution >= 4 is 16.1 Å². The standard InChI is InChI=1S/C18H30N4O3S/c1-14-10-15(2)13-22(12-14)9-8-20-18(23)21-11-16-4-6-17(7-5-16)26(24,25)19-3/h4-7,14-15,19H,8-13H2,1-3H3,(H2,20,21,23). The summed E-state index contributed by atoms with van der Waals surface area (Å²) in [5, 5.41) is 5.67. The van der Waals surface area contributed by atoms with Crippen LogP contribution in [0, 0.1) is 11.8 Å². The smallest absolute Gasteiger partial charge is 0.315 e. The van der Waals surface area contributed by atoms with Gasteiger partial charge in [-0.1, -0.05) is 26.0 Å². The molecule has 0 spiro atoms. The minimum absolute atomic E-state index is 0.207. The second-order valence-corrected chi connectivity index (χ2v) is 9.05. The first-order chi connectivity index (χ1) is 12.3. The molecule has 3 N–H and O–H groups in total. The van der Waals surface area contributed by atoms with Crippen molar-refractivity contribution in [3.8, 4) is 0 Å². The lowest BCUT2D eigenvalue weighted by Crippen LogP contribution is -2.44. The molecular formula is C18H30N4O3S. The Hall–Kier alpha value is -1.64. The number of urea groups is 1. The number of amides is 2. The van der Waals surface area contributed by atoms with Crippen molar-refractivity contribution in [3.63, 3.8) is 0 Å². The fourth-order valence-corrected chi connectivity index (χ4v) is 4.18. The third-order valence-corrected chi connectivity index (χ3v) is 6.04. The van der Waals surface area contributed by atoms with Crippen molar-refractivity contribution in [3.05, 3.63) is 29.8 Å². The first-order valence-electron chi connectivity index (χ1n) is 9.06. The number of piperidine rings is 1. The van der Waals surface area contributed by atoms with Gasteiger partial charge in [-0.25, -0.2) is 17.9 Å². The highest BCUT2D eigenvalue weighted by molar-refractivity contribution is 7.89. The molecule has 26 heavy (non-hydrogen) atoms. The highest BCUT2D eigenvalue weighted by Crippen LogP contribution is 2.20. The number of likely N-dealkylation sites (tertiary alicyclic amines) is 1. The van der Waals surface area contributed by atoms with Gasteiger partial charge in [-0.2, -0.15) is 0 Å². The molecule has 7 nitrogen and oxygen atoms in total. The normalized spacial score (nSPS) is 21.3. The molecule has 2 amide bonds. The molecule has 0 saturated carbocycles. The Kier molecular flexibility index (Phi) is 7.43. The van der Waals surface area contributed by atoms with Gasteiger partial charge in [0.15, 0.2) is 0 Å². The maximum absolute atomic E-state index is 11.9. The number of nitrogens with one attached hydrogen (secondary N) is 3. The second kappa shape index (κ2) is 9.34. The molecule has 1 aliphatic heterocycles. The molecule has 1 heterocycles. The number of sulfonamides is 1. The van der Waals surface area contributed by atoms with E-state index < -0.39 is 10.0 Å². The van der Waals surface area contributed by atoms with Crippen LogP contribution < -0.4 is 15.4 Å². The molecule has 2 unspecified atom stereocenters. The van der Waals surface area contributed by atoms with E-state index in [9.17, 15) is 13.2 Å². The molecule has 2 atom stereocenters. The zero-order chi connectivity index (χ0) is 19.2. The van der Waals surface area contributed by atoms with Crippen LogP contribution in [0.25, 0.3) is 0 Å². The van der Waals surface area contributed by atoms with Crippen molar-refractivity contribution < 1.29 is 13.2 Å². The van der Waals surface area contributed by atoms with E-state index in [2.05, 4.69) is 34.1 Å². The molecular weight excluding hydrogens is 352 g/mol. The summed E-state index contributed by atoms with van der Waals surface area (Å²) in [6.45, 7) is 8.56. The van der Waals surface area contributed by atoms with Crippen LogP contribution in [-0.2, 0) is 16.6 Å². The van der Waals surface area contributed by atoms with E-state index in [1.165, 1.54) is 25.6 Å². The van der Waals surface area contributed by atoms with Crippen molar-refractivity contribution in [2.45, 2.75) is 31.7 Å². The molecule has 146 valence electrons. The zero-order valence-electron chi connectivity index (χ0n) is 15.8. The monoisotopic (exact) mass is 382 g/mol. The molecule has 1 aromatic carbocycles. The Labute approximate surface area is 156 Å². The minimum Gasteiger partial charge on any atom is -0.337 e. The van der Waals surface area contributed by atoms with Crippen LogP contribution in [0.1, 0.15) is 25.8 Å². The SMILES string of the molecule is CNS(=O)(=O)c1ccc(CNC(=O)NCCN2CC(C)CC(C)C2)cc1. The third-order valence-electron chi connectivity index (χ3n) is 4.61. The minimum atomic E-state index is -3.43. The van der Waals surface area contributed by atoms with Crippen LogP contribution in [0.5, 0.6) is 0 Å². The average Bonchev–Trinajstić information content (AvgIpc) is 2.59. The van der Waals surface area contributed by atoms with Gasteiger partial charge in [-0.3, -0.25) is 0 Å². The lowest BCUT2D eigenvalue weighted by Gasteiger charge is -2.34. The van der Waals surface area contributed by atoms with Crippen molar-refractivity contribution in [2.24, 2.45) is 11.8 Å². The number of rotatable bonds is 7. The lowest BCUT2D eigenvalue weighted by molar-refractivity contribution is 0.142. The number of benzene rings is 1. The summed E-state index contributed by atoms with van der Waals surface area (Å²) in [6.07, 6.45) is 1.28. The Morgan fingerprint density at radius 2 is 1.73 bits per heavy atom. The first kappa shape index (κ1) is 20.7. The summed E-state index contributed by atoms with van der Waals surface area (Å²) < 4.78 is 25.6. The number of carbonyl (C=O) groups excluding carboxylic acids is 1. The molecule has 0 aliphatic carbocycles. The van der Waals surface area contributed by atoms with Gasteiger partial charge in [0.1, 0.15) is 0 Å². The number of hydrogen-bond acceptors (Lipinski definition) is 4. The van der Waals surface area contributed by atoms with Crippen LogP contribution in [-0.4, -0.2) is 52.6 Å². The Morgan fingerprint density at radius 1 is 1.12 bits per heavy atom. The predicted molar refractivity (Wildman–Crippen MR) is 102 cm³/mol. The molecule has 1 aliphatic rings. The lowest BCUT2D eigenvalue weighted by atomic mass is 9.92. The average molecular weight is 383 g/mol. The van der Waals surface area contributed by atoms with E-state index in [4.69, 9.17) is 0 Å². The van der Waals surface area contributed by atoms with Crippen LogP contribution >= 0.6 is 0 Å². The maximum Gasteiger partial charge on any atom is 0.315 e. The van der Waals surface area contributed by atoms with E-state index in [0.29, 0.717) is 24.9 Å². The van der Waals surface area contributed by atoms with Crippen molar-refractivity contribution in [1.29, 1.82) is 0 Å². The van der Waals surface area contributed by atoms with Crippen molar-refractivity contribution in [1.82, 2.24) is 20.3 Å². The third kappa shape index (κ3) is 6.26. The molecule has 2 rings (SSSR count). The summed E-state index contributed by atoms with van der Waals surface area (Å²) in [5.74, 6) is 1.42. The van der Waals surface area contributed by atoms with E-state index in [-0.39, 0.29) is 10.9 Å². The molecule has 1 saturated heterocycles.